The Bertz CT molecular complexity index is 724. The van der Waals surface area contributed by atoms with Crippen molar-refractivity contribution in [1.29, 1.82) is 0 Å². The van der Waals surface area contributed by atoms with Gasteiger partial charge < -0.3 is 9.79 Å². The molecule has 0 fully saturated rings. The zero-order chi connectivity index (χ0) is 17.5. The molecule has 0 saturated carbocycles. The van der Waals surface area contributed by atoms with Gasteiger partial charge in [0, 0.05) is 11.1 Å². The third kappa shape index (κ3) is 2.67. The molecule has 0 heterocycles. The summed E-state index contributed by atoms with van der Waals surface area (Å²) in [4.78, 5) is 19.0. The van der Waals surface area contributed by atoms with Gasteiger partial charge in [0.1, 0.15) is 11.6 Å². The monoisotopic (exact) mass is 352 g/mol. The molecule has 3 nitrogen and oxygen atoms in total. The molecule has 0 aliphatic heterocycles. The van der Waals surface area contributed by atoms with Gasteiger partial charge in [-0.05, 0) is 12.1 Å². The van der Waals surface area contributed by atoms with Crippen LogP contribution in [0.5, 0.6) is 0 Å². The Kier molecular flexibility index (Phi) is 4.36. The molecule has 0 amide bonds. The van der Waals surface area contributed by atoms with E-state index in [4.69, 9.17) is 0 Å². The normalized spacial score (nSPS) is 13.2. The average Bonchev–Trinajstić information content (AvgIpc) is 2.40. The molecule has 2 N–H and O–H groups in total. The first-order valence-corrected chi connectivity index (χ1v) is 7.77. The van der Waals surface area contributed by atoms with Crippen molar-refractivity contribution in [2.24, 2.45) is 0 Å². The van der Waals surface area contributed by atoms with Crippen molar-refractivity contribution in [3.05, 3.63) is 71.3 Å². The first-order chi connectivity index (χ1) is 10.5. The van der Waals surface area contributed by atoms with Crippen LogP contribution >= 0.6 is 7.60 Å². The summed E-state index contributed by atoms with van der Waals surface area (Å²) in [5, 5.41) is -4.14. The molecule has 0 aliphatic rings. The summed E-state index contributed by atoms with van der Waals surface area (Å²) in [5.74, 6) is -3.01. The van der Waals surface area contributed by atoms with E-state index >= 15 is 0 Å². The number of halogens is 5. The van der Waals surface area contributed by atoms with Gasteiger partial charge in [0.2, 0.25) is 5.16 Å². The van der Waals surface area contributed by atoms with Crippen LogP contribution in [0.15, 0.2) is 48.5 Å². The van der Waals surface area contributed by atoms with E-state index in [9.17, 15) is 36.3 Å². The molecule has 2 rings (SSSR count). The molecule has 23 heavy (non-hydrogen) atoms. The highest BCUT2D eigenvalue weighted by Crippen LogP contribution is 2.68. The second-order valence-electron chi connectivity index (χ2n) is 4.71. The molecule has 2 aromatic carbocycles. The second-order valence-corrected chi connectivity index (χ2v) is 6.47. The van der Waals surface area contributed by atoms with E-state index in [0.717, 1.165) is 24.3 Å². The maximum atomic E-state index is 14.0. The lowest BCUT2D eigenvalue weighted by molar-refractivity contribution is -0.160. The van der Waals surface area contributed by atoms with Crippen molar-refractivity contribution in [1.82, 2.24) is 0 Å². The summed E-state index contributed by atoms with van der Waals surface area (Å²) < 4.78 is 81.2. The largest absolute Gasteiger partial charge is 0.414 e. The summed E-state index contributed by atoms with van der Waals surface area (Å²) >= 11 is 0. The maximum Gasteiger partial charge on any atom is 0.414 e. The molecule has 2 aromatic rings. The lowest BCUT2D eigenvalue weighted by atomic mass is 9.88. The molecular weight excluding hydrogens is 342 g/mol. The van der Waals surface area contributed by atoms with Gasteiger partial charge in [0.25, 0.3) is 0 Å². The number of hydrogen-bond acceptors (Lipinski definition) is 1. The number of alkyl halides is 3. The first kappa shape index (κ1) is 17.6. The molecule has 0 unspecified atom stereocenters. The van der Waals surface area contributed by atoms with E-state index in [1.807, 2.05) is 0 Å². The zero-order valence-corrected chi connectivity index (χ0v) is 12.2. The fraction of sp³-hybridized carbons (Fsp3) is 0.143. The van der Waals surface area contributed by atoms with Gasteiger partial charge in [-0.3, -0.25) is 4.57 Å². The lowest BCUT2D eigenvalue weighted by Crippen LogP contribution is -2.44. The summed E-state index contributed by atoms with van der Waals surface area (Å²) in [6, 6.07) is 6.47. The van der Waals surface area contributed by atoms with E-state index in [1.54, 1.807) is 0 Å². The predicted octanol–water partition coefficient (Wildman–Crippen LogP) is 3.95. The van der Waals surface area contributed by atoms with Crippen molar-refractivity contribution in [3.8, 4) is 0 Å². The topological polar surface area (TPSA) is 57.5 Å². The van der Waals surface area contributed by atoms with Crippen molar-refractivity contribution in [3.63, 3.8) is 0 Å². The molecule has 0 aliphatic carbocycles. The highest BCUT2D eigenvalue weighted by atomic mass is 31.2. The van der Waals surface area contributed by atoms with Crippen LogP contribution in [0, 0.1) is 11.6 Å². The van der Waals surface area contributed by atoms with Gasteiger partial charge in [-0.15, -0.1) is 0 Å². The smallest absolute Gasteiger partial charge is 0.323 e. The molecule has 0 saturated heterocycles. The molecule has 0 spiro atoms. The zero-order valence-electron chi connectivity index (χ0n) is 11.3. The molecule has 9 heteroatoms. The second kappa shape index (κ2) is 5.70. The van der Waals surface area contributed by atoms with Crippen molar-refractivity contribution in [2.75, 3.05) is 0 Å². The van der Waals surface area contributed by atoms with Gasteiger partial charge in [0.05, 0.1) is 0 Å². The van der Waals surface area contributed by atoms with E-state index in [-0.39, 0.29) is 0 Å². The molecule has 0 aromatic heterocycles. The lowest BCUT2D eigenvalue weighted by Gasteiger charge is -2.37. The standard InChI is InChI=1S/C14H10F5O3P/c15-11-7-3-1-5-9(11)13(14(17,18)19,23(20,21)22)10-6-2-4-8-12(10)16/h1-8H,(H2,20,21,22). The SMILES string of the molecule is O=P(O)(O)C(c1ccccc1F)(c1ccccc1F)C(F)(F)F. The Labute approximate surface area is 127 Å². The third-order valence-electron chi connectivity index (χ3n) is 3.37. The number of hydrogen-bond donors (Lipinski definition) is 2. The molecule has 0 atom stereocenters. The Morgan fingerprint density at radius 3 is 1.39 bits per heavy atom. The quantitative estimate of drug-likeness (QED) is 0.650. The molecular formula is C14H10F5O3P. The highest BCUT2D eigenvalue weighted by Gasteiger charge is 2.69. The van der Waals surface area contributed by atoms with Crippen LogP contribution in [-0.4, -0.2) is 16.0 Å². The van der Waals surface area contributed by atoms with Crippen molar-refractivity contribution < 1.29 is 36.3 Å². The van der Waals surface area contributed by atoms with Crippen LogP contribution < -0.4 is 0 Å². The summed E-state index contributed by atoms with van der Waals surface area (Å²) in [5.41, 5.74) is -2.68. The third-order valence-corrected chi connectivity index (χ3v) is 4.98. The maximum absolute atomic E-state index is 14.0. The Morgan fingerprint density at radius 2 is 1.13 bits per heavy atom. The van der Waals surface area contributed by atoms with Crippen LogP contribution in [0.25, 0.3) is 0 Å². The van der Waals surface area contributed by atoms with E-state index in [0.29, 0.717) is 24.3 Å². The van der Waals surface area contributed by atoms with Crippen LogP contribution in [0.2, 0.25) is 0 Å². The molecule has 0 radical (unpaired) electrons. The van der Waals surface area contributed by atoms with Gasteiger partial charge in [0.15, 0.2) is 0 Å². The predicted molar refractivity (Wildman–Crippen MR) is 71.7 cm³/mol. The molecule has 0 bridgehead atoms. The van der Waals surface area contributed by atoms with Crippen LogP contribution in [0.1, 0.15) is 11.1 Å². The van der Waals surface area contributed by atoms with Gasteiger partial charge >= 0.3 is 13.8 Å². The molecule has 124 valence electrons. The first-order valence-electron chi connectivity index (χ1n) is 6.16. The summed E-state index contributed by atoms with van der Waals surface area (Å²) in [6.45, 7) is 0. The van der Waals surface area contributed by atoms with Crippen molar-refractivity contribution in [2.45, 2.75) is 11.3 Å². The Hall–Kier alpha value is -1.76. The van der Waals surface area contributed by atoms with E-state index in [1.165, 1.54) is 0 Å². The van der Waals surface area contributed by atoms with E-state index < -0.39 is 41.7 Å². The number of rotatable bonds is 3. The van der Waals surface area contributed by atoms with Gasteiger partial charge in [-0.2, -0.15) is 13.2 Å². The van der Waals surface area contributed by atoms with Crippen molar-refractivity contribution >= 4 is 7.60 Å². The number of benzene rings is 2. The highest BCUT2D eigenvalue weighted by molar-refractivity contribution is 7.53. The summed E-state index contributed by atoms with van der Waals surface area (Å²) in [7, 11) is -6.13. The summed E-state index contributed by atoms with van der Waals surface area (Å²) in [6.07, 6.45) is -5.66. The minimum atomic E-state index is -6.13. The Balaban J connectivity index is 3.04. The average molecular weight is 352 g/mol. The van der Waals surface area contributed by atoms with Crippen LogP contribution in [0.3, 0.4) is 0 Å². The van der Waals surface area contributed by atoms with E-state index in [2.05, 4.69) is 0 Å². The fourth-order valence-corrected chi connectivity index (χ4v) is 3.76. The van der Waals surface area contributed by atoms with Gasteiger partial charge in [-0.1, -0.05) is 36.4 Å². The minimum Gasteiger partial charge on any atom is -0.323 e. The minimum absolute atomic E-state index is 0.578. The Morgan fingerprint density at radius 1 is 0.783 bits per heavy atom. The van der Waals surface area contributed by atoms with Gasteiger partial charge in [-0.25, -0.2) is 8.78 Å². The van der Waals surface area contributed by atoms with Crippen LogP contribution in [0.4, 0.5) is 22.0 Å². The fourth-order valence-electron chi connectivity index (χ4n) is 2.44. The van der Waals surface area contributed by atoms with Crippen LogP contribution in [-0.2, 0) is 9.72 Å².